The minimum Gasteiger partial charge on any atom is -0.452 e. The summed E-state index contributed by atoms with van der Waals surface area (Å²) in [5.74, 6) is 0.337. The van der Waals surface area contributed by atoms with E-state index in [1.54, 1.807) is 6.20 Å². The molecule has 1 saturated carbocycles. The van der Waals surface area contributed by atoms with Crippen LogP contribution in [0, 0.1) is 0 Å². The number of thiol groups is 3. The smallest absolute Gasteiger partial charge is 0.418 e. The van der Waals surface area contributed by atoms with Gasteiger partial charge in [-0.3, -0.25) is 4.57 Å². The minimum absolute atomic E-state index is 0.191. The van der Waals surface area contributed by atoms with Crippen LogP contribution in [0.1, 0.15) is 17.9 Å². The van der Waals surface area contributed by atoms with Crippen molar-refractivity contribution in [3.63, 3.8) is 0 Å². The normalized spacial score (nSPS) is 29.0. The first-order valence-electron chi connectivity index (χ1n) is 6.76. The van der Waals surface area contributed by atoms with Crippen molar-refractivity contribution < 1.29 is 9.53 Å². The van der Waals surface area contributed by atoms with E-state index < -0.39 is 0 Å². The van der Waals surface area contributed by atoms with Crippen LogP contribution < -0.4 is 0 Å². The lowest BCUT2D eigenvalue weighted by atomic mass is 9.96. The molecule has 1 heterocycles. The number of carbonyl (C=O) groups excluding carboxylic acids is 1. The molecule has 3 rings (SSSR count). The second kappa shape index (κ2) is 5.82. The molecule has 0 bridgehead atoms. The Balaban J connectivity index is 1.98. The molecule has 6 heteroatoms. The van der Waals surface area contributed by atoms with Gasteiger partial charge in [-0.25, -0.2) is 4.79 Å². The molecule has 1 aliphatic rings. The van der Waals surface area contributed by atoms with Crippen LogP contribution in [0.4, 0.5) is 4.79 Å². The van der Waals surface area contributed by atoms with Gasteiger partial charge in [0.2, 0.25) is 0 Å². The molecule has 0 amide bonds. The van der Waals surface area contributed by atoms with Gasteiger partial charge in [-0.05, 0) is 36.1 Å². The minimum atomic E-state index is -0.378. The van der Waals surface area contributed by atoms with E-state index in [1.807, 2.05) is 12.1 Å². The molecule has 0 aliphatic heterocycles. The highest BCUT2D eigenvalue weighted by Crippen LogP contribution is 2.43. The monoisotopic (exact) mass is 339 g/mol. The number of ether oxygens (including phenoxy) is 1. The third-order valence-corrected chi connectivity index (χ3v) is 6.53. The van der Waals surface area contributed by atoms with Gasteiger partial charge >= 0.3 is 6.09 Å². The van der Waals surface area contributed by atoms with Crippen LogP contribution in [0.15, 0.2) is 30.5 Å². The largest absolute Gasteiger partial charge is 0.452 e. The Kier molecular flexibility index (Phi) is 4.21. The lowest BCUT2D eigenvalue weighted by molar-refractivity contribution is 0.174. The zero-order chi connectivity index (χ0) is 15.1. The summed E-state index contributed by atoms with van der Waals surface area (Å²) < 4.78 is 6.28. The van der Waals surface area contributed by atoms with Gasteiger partial charge in [0, 0.05) is 27.3 Å². The van der Waals surface area contributed by atoms with Gasteiger partial charge in [0.25, 0.3) is 0 Å². The van der Waals surface area contributed by atoms with Gasteiger partial charge in [0.15, 0.2) is 0 Å². The first-order chi connectivity index (χ1) is 10.0. The SMILES string of the molecule is COC(=O)n1ccc2cc(C3CC(S)C(S)C3S)ccc21. The van der Waals surface area contributed by atoms with Gasteiger partial charge in [-0.15, -0.1) is 0 Å². The van der Waals surface area contributed by atoms with E-state index in [1.165, 1.54) is 17.2 Å². The summed E-state index contributed by atoms with van der Waals surface area (Å²) >= 11 is 13.9. The third-order valence-electron chi connectivity index (χ3n) is 4.17. The van der Waals surface area contributed by atoms with Crippen LogP contribution in [-0.2, 0) is 4.74 Å². The van der Waals surface area contributed by atoms with Crippen LogP contribution in [0.5, 0.6) is 0 Å². The molecule has 1 aliphatic carbocycles. The van der Waals surface area contributed by atoms with E-state index in [-0.39, 0.29) is 21.8 Å². The zero-order valence-electron chi connectivity index (χ0n) is 11.5. The van der Waals surface area contributed by atoms with Crippen molar-refractivity contribution in [1.29, 1.82) is 0 Å². The fourth-order valence-electron chi connectivity index (χ4n) is 2.99. The molecule has 112 valence electrons. The maximum Gasteiger partial charge on any atom is 0.418 e. The van der Waals surface area contributed by atoms with Gasteiger partial charge in [-0.1, -0.05) is 6.07 Å². The van der Waals surface area contributed by atoms with E-state index in [0.29, 0.717) is 5.92 Å². The summed E-state index contributed by atoms with van der Waals surface area (Å²) in [5, 5.41) is 1.67. The van der Waals surface area contributed by atoms with E-state index >= 15 is 0 Å². The van der Waals surface area contributed by atoms with E-state index in [0.717, 1.165) is 17.3 Å². The fourth-order valence-corrected chi connectivity index (χ4v) is 4.37. The summed E-state index contributed by atoms with van der Waals surface area (Å²) in [6.07, 6.45) is 2.32. The predicted molar refractivity (Wildman–Crippen MR) is 95.4 cm³/mol. The highest BCUT2D eigenvalue weighted by molar-refractivity contribution is 7.87. The Bertz CT molecular complexity index is 685. The number of benzene rings is 1. The van der Waals surface area contributed by atoms with Gasteiger partial charge in [-0.2, -0.15) is 37.9 Å². The first-order valence-corrected chi connectivity index (χ1v) is 8.31. The maximum absolute atomic E-state index is 11.7. The predicted octanol–water partition coefficient (Wildman–Crippen LogP) is 3.64. The average molecular weight is 340 g/mol. The number of methoxy groups -OCH3 is 1. The molecule has 1 fully saturated rings. The van der Waals surface area contributed by atoms with E-state index in [9.17, 15) is 4.79 Å². The Morgan fingerprint density at radius 3 is 2.62 bits per heavy atom. The number of fused-ring (bicyclic) bond motifs is 1. The Labute approximate surface area is 140 Å². The van der Waals surface area contributed by atoms with Crippen LogP contribution in [0.25, 0.3) is 10.9 Å². The Morgan fingerprint density at radius 1 is 1.24 bits per heavy atom. The van der Waals surface area contributed by atoms with Crippen molar-refractivity contribution in [3.05, 3.63) is 36.0 Å². The number of hydrogen-bond acceptors (Lipinski definition) is 5. The Morgan fingerprint density at radius 2 is 2.00 bits per heavy atom. The first kappa shape index (κ1) is 15.2. The number of nitrogens with zero attached hydrogens (tertiary/aromatic N) is 1. The molecule has 21 heavy (non-hydrogen) atoms. The molecule has 4 unspecified atom stereocenters. The van der Waals surface area contributed by atoms with Crippen LogP contribution in [0.2, 0.25) is 0 Å². The summed E-state index contributed by atoms with van der Waals surface area (Å²) in [6.45, 7) is 0. The third kappa shape index (κ3) is 2.58. The average Bonchev–Trinajstić information content (AvgIpc) is 3.02. The summed E-state index contributed by atoms with van der Waals surface area (Å²) in [5.41, 5.74) is 2.07. The van der Waals surface area contributed by atoms with Crippen LogP contribution in [0.3, 0.4) is 0 Å². The van der Waals surface area contributed by atoms with E-state index in [4.69, 9.17) is 17.4 Å². The molecular formula is C15H17NO2S3. The van der Waals surface area contributed by atoms with Crippen molar-refractivity contribution in [1.82, 2.24) is 4.57 Å². The van der Waals surface area contributed by atoms with Crippen LogP contribution >= 0.6 is 37.9 Å². The number of hydrogen-bond donors (Lipinski definition) is 3. The molecule has 0 saturated heterocycles. The van der Waals surface area contributed by atoms with Gasteiger partial charge in [0.1, 0.15) is 0 Å². The molecule has 1 aromatic heterocycles. The number of rotatable bonds is 1. The molecule has 3 nitrogen and oxygen atoms in total. The summed E-state index contributed by atoms with van der Waals surface area (Å²) in [6, 6.07) is 8.06. The quantitative estimate of drug-likeness (QED) is 0.693. The van der Waals surface area contributed by atoms with Crippen LogP contribution in [-0.4, -0.2) is 33.5 Å². The lowest BCUT2D eigenvalue weighted by Gasteiger charge is -2.17. The summed E-state index contributed by atoms with van der Waals surface area (Å²) in [7, 11) is 1.38. The second-order valence-corrected chi connectivity index (χ2v) is 7.22. The standard InChI is InChI=1S/C15H17NO2S3/c1-18-15(17)16-5-4-9-6-8(2-3-11(9)16)10-7-12(19)14(21)13(10)20/h2-6,10,12-14,19-21H,7H2,1H3. The lowest BCUT2D eigenvalue weighted by Crippen LogP contribution is -2.17. The highest BCUT2D eigenvalue weighted by atomic mass is 32.1. The number of carbonyl (C=O) groups is 1. The molecule has 1 aromatic carbocycles. The van der Waals surface area contributed by atoms with Gasteiger partial charge < -0.3 is 4.74 Å². The second-order valence-electron chi connectivity index (χ2n) is 5.36. The Hall–Kier alpha value is -0.720. The molecule has 0 radical (unpaired) electrons. The highest BCUT2D eigenvalue weighted by Gasteiger charge is 2.38. The number of aromatic nitrogens is 1. The van der Waals surface area contributed by atoms with Crippen molar-refractivity contribution in [2.75, 3.05) is 7.11 Å². The molecular weight excluding hydrogens is 322 g/mol. The maximum atomic E-state index is 11.7. The molecule has 2 aromatic rings. The topological polar surface area (TPSA) is 31.2 Å². The van der Waals surface area contributed by atoms with Crippen molar-refractivity contribution >= 4 is 54.9 Å². The summed E-state index contributed by atoms with van der Waals surface area (Å²) in [4.78, 5) is 11.7. The van der Waals surface area contributed by atoms with Crippen molar-refractivity contribution in [2.24, 2.45) is 0 Å². The molecule has 4 atom stereocenters. The van der Waals surface area contributed by atoms with E-state index in [2.05, 4.69) is 37.4 Å². The molecule has 0 spiro atoms. The zero-order valence-corrected chi connectivity index (χ0v) is 14.2. The van der Waals surface area contributed by atoms with Crippen molar-refractivity contribution in [2.45, 2.75) is 28.1 Å². The van der Waals surface area contributed by atoms with Crippen molar-refractivity contribution in [3.8, 4) is 0 Å². The molecule has 0 N–H and O–H groups in total. The fraction of sp³-hybridized carbons (Fsp3) is 0.400. The van der Waals surface area contributed by atoms with Gasteiger partial charge in [0.05, 0.1) is 12.6 Å².